The van der Waals surface area contributed by atoms with E-state index in [2.05, 4.69) is 36.1 Å². The Kier molecular flexibility index (Phi) is 6.55. The van der Waals surface area contributed by atoms with Crippen molar-refractivity contribution in [2.24, 2.45) is 0 Å². The van der Waals surface area contributed by atoms with Crippen molar-refractivity contribution < 1.29 is 4.74 Å². The molecule has 0 bridgehead atoms. The second-order valence-electron chi connectivity index (χ2n) is 4.41. The second kappa shape index (κ2) is 8.01. The molecule has 1 heterocycles. The molecule has 0 fully saturated rings. The van der Waals surface area contributed by atoms with Crippen molar-refractivity contribution in [3.63, 3.8) is 0 Å². The Morgan fingerprint density at radius 3 is 2.88 bits per heavy atom. The number of aryl methyl sites for hydroxylation is 1. The van der Waals surface area contributed by atoms with Crippen LogP contribution in [0.3, 0.4) is 0 Å². The van der Waals surface area contributed by atoms with E-state index >= 15 is 0 Å². The first-order valence-corrected chi connectivity index (χ1v) is 6.39. The maximum Gasteiger partial charge on any atom is 0.216 e. The van der Waals surface area contributed by atoms with Gasteiger partial charge in [0, 0.05) is 17.8 Å². The van der Waals surface area contributed by atoms with Gasteiger partial charge in [-0.3, -0.25) is 0 Å². The zero-order valence-corrected chi connectivity index (χ0v) is 11.1. The van der Waals surface area contributed by atoms with Crippen LogP contribution in [0.15, 0.2) is 12.4 Å². The molecule has 4 heteroatoms. The van der Waals surface area contributed by atoms with Crippen LogP contribution in [-0.4, -0.2) is 29.2 Å². The summed E-state index contributed by atoms with van der Waals surface area (Å²) in [6, 6.07) is 2.46. The minimum Gasteiger partial charge on any atom is -0.478 e. The van der Waals surface area contributed by atoms with Crippen LogP contribution >= 0.6 is 0 Å². The highest BCUT2D eigenvalue weighted by atomic mass is 16.5. The normalized spacial score (nSPS) is 10.8. The fourth-order valence-corrected chi connectivity index (χ4v) is 1.49. The average molecular weight is 237 g/mol. The lowest BCUT2D eigenvalue weighted by Gasteiger charge is -2.09. The fourth-order valence-electron chi connectivity index (χ4n) is 1.49. The molecule has 0 aliphatic heterocycles. The highest BCUT2D eigenvalue weighted by Crippen LogP contribution is 2.08. The van der Waals surface area contributed by atoms with Crippen molar-refractivity contribution >= 4 is 0 Å². The number of aromatic nitrogens is 2. The fraction of sp³-hybridized carbons (Fsp3) is 0.692. The molecule has 0 aliphatic carbocycles. The Bertz CT molecular complexity index is 315. The largest absolute Gasteiger partial charge is 0.478 e. The quantitative estimate of drug-likeness (QED) is 0.704. The third-order valence-corrected chi connectivity index (χ3v) is 2.33. The Morgan fingerprint density at radius 2 is 2.18 bits per heavy atom. The van der Waals surface area contributed by atoms with Crippen LogP contribution in [0.2, 0.25) is 0 Å². The Hall–Kier alpha value is -1.16. The Morgan fingerprint density at radius 1 is 1.35 bits per heavy atom. The minimum absolute atomic E-state index is 0.533. The lowest BCUT2D eigenvalue weighted by atomic mass is 10.2. The molecule has 4 nitrogen and oxygen atoms in total. The van der Waals surface area contributed by atoms with Gasteiger partial charge in [0.1, 0.15) is 6.33 Å². The predicted molar refractivity (Wildman–Crippen MR) is 69.3 cm³/mol. The van der Waals surface area contributed by atoms with E-state index in [0.29, 0.717) is 18.5 Å². The van der Waals surface area contributed by atoms with Gasteiger partial charge in [0.05, 0.1) is 6.61 Å². The molecule has 1 rings (SSSR count). The van der Waals surface area contributed by atoms with E-state index in [4.69, 9.17) is 4.74 Å². The molecular weight excluding hydrogens is 214 g/mol. The Balaban J connectivity index is 2.24. The van der Waals surface area contributed by atoms with Crippen LogP contribution in [0.1, 0.15) is 39.3 Å². The van der Waals surface area contributed by atoms with Gasteiger partial charge in [-0.25, -0.2) is 9.97 Å². The average Bonchev–Trinajstić information content (AvgIpc) is 2.29. The molecule has 96 valence electrons. The highest BCUT2D eigenvalue weighted by Gasteiger charge is 1.99. The van der Waals surface area contributed by atoms with E-state index in [0.717, 1.165) is 31.5 Å². The zero-order valence-electron chi connectivity index (χ0n) is 11.1. The molecule has 1 N–H and O–H groups in total. The van der Waals surface area contributed by atoms with Crippen molar-refractivity contribution in [3.8, 4) is 5.88 Å². The summed E-state index contributed by atoms with van der Waals surface area (Å²) in [5.41, 5.74) is 1.05. The van der Waals surface area contributed by atoms with E-state index < -0.39 is 0 Å². The molecule has 0 saturated heterocycles. The van der Waals surface area contributed by atoms with Gasteiger partial charge in [0.15, 0.2) is 0 Å². The third-order valence-electron chi connectivity index (χ3n) is 2.33. The SMILES string of the molecule is CCCc1cc(OCCCNC(C)C)ncn1. The van der Waals surface area contributed by atoms with Gasteiger partial charge in [0.2, 0.25) is 5.88 Å². The first kappa shape index (κ1) is 13.9. The second-order valence-corrected chi connectivity index (χ2v) is 4.41. The van der Waals surface area contributed by atoms with E-state index in [9.17, 15) is 0 Å². The molecule has 0 atom stereocenters. The molecular formula is C13H23N3O. The predicted octanol–water partition coefficient (Wildman–Crippen LogP) is 2.20. The van der Waals surface area contributed by atoms with Crippen LogP contribution in [0.25, 0.3) is 0 Å². The van der Waals surface area contributed by atoms with Crippen LogP contribution < -0.4 is 10.1 Å². The van der Waals surface area contributed by atoms with Crippen molar-refractivity contribution in [3.05, 3.63) is 18.1 Å². The van der Waals surface area contributed by atoms with E-state index in [-0.39, 0.29) is 0 Å². The van der Waals surface area contributed by atoms with Crippen molar-refractivity contribution in [1.29, 1.82) is 0 Å². The van der Waals surface area contributed by atoms with Crippen LogP contribution in [0, 0.1) is 0 Å². The molecule has 0 radical (unpaired) electrons. The minimum atomic E-state index is 0.533. The standard InChI is InChI=1S/C13H23N3O/c1-4-6-12-9-13(16-10-15-12)17-8-5-7-14-11(2)3/h9-11,14H,4-8H2,1-3H3. The van der Waals surface area contributed by atoms with Gasteiger partial charge in [-0.2, -0.15) is 0 Å². The summed E-state index contributed by atoms with van der Waals surface area (Å²) >= 11 is 0. The van der Waals surface area contributed by atoms with Gasteiger partial charge >= 0.3 is 0 Å². The van der Waals surface area contributed by atoms with Gasteiger partial charge in [0.25, 0.3) is 0 Å². The summed E-state index contributed by atoms with van der Waals surface area (Å²) in [6.07, 6.45) is 4.64. The summed E-state index contributed by atoms with van der Waals surface area (Å²) < 4.78 is 5.58. The maximum absolute atomic E-state index is 5.58. The lowest BCUT2D eigenvalue weighted by Crippen LogP contribution is -2.24. The summed E-state index contributed by atoms with van der Waals surface area (Å²) in [5.74, 6) is 0.688. The zero-order chi connectivity index (χ0) is 12.5. The molecule has 1 aromatic heterocycles. The number of nitrogens with one attached hydrogen (secondary N) is 1. The van der Waals surface area contributed by atoms with E-state index in [1.807, 2.05) is 6.07 Å². The molecule has 0 saturated carbocycles. The number of ether oxygens (including phenoxy) is 1. The highest BCUT2D eigenvalue weighted by molar-refractivity contribution is 5.13. The van der Waals surface area contributed by atoms with Gasteiger partial charge in [-0.1, -0.05) is 27.2 Å². The molecule has 0 amide bonds. The van der Waals surface area contributed by atoms with E-state index in [1.165, 1.54) is 0 Å². The van der Waals surface area contributed by atoms with Crippen molar-refractivity contribution in [1.82, 2.24) is 15.3 Å². The first-order chi connectivity index (χ1) is 8.22. The number of rotatable bonds is 8. The van der Waals surface area contributed by atoms with Gasteiger partial charge in [-0.15, -0.1) is 0 Å². The molecule has 0 unspecified atom stereocenters. The summed E-state index contributed by atoms with van der Waals surface area (Å²) in [7, 11) is 0. The number of hydrogen-bond donors (Lipinski definition) is 1. The van der Waals surface area contributed by atoms with Crippen LogP contribution in [-0.2, 0) is 6.42 Å². The summed E-state index contributed by atoms with van der Waals surface area (Å²) in [6.45, 7) is 8.09. The maximum atomic E-state index is 5.58. The molecule has 17 heavy (non-hydrogen) atoms. The third kappa shape index (κ3) is 6.22. The van der Waals surface area contributed by atoms with Crippen molar-refractivity contribution in [2.45, 2.75) is 46.1 Å². The first-order valence-electron chi connectivity index (χ1n) is 6.39. The van der Waals surface area contributed by atoms with Crippen LogP contribution in [0.5, 0.6) is 5.88 Å². The molecule has 0 aliphatic rings. The van der Waals surface area contributed by atoms with E-state index in [1.54, 1.807) is 6.33 Å². The van der Waals surface area contributed by atoms with Gasteiger partial charge < -0.3 is 10.1 Å². The number of hydrogen-bond acceptors (Lipinski definition) is 4. The number of nitrogens with zero attached hydrogens (tertiary/aromatic N) is 2. The smallest absolute Gasteiger partial charge is 0.216 e. The lowest BCUT2D eigenvalue weighted by molar-refractivity contribution is 0.294. The monoisotopic (exact) mass is 237 g/mol. The van der Waals surface area contributed by atoms with Crippen LogP contribution in [0.4, 0.5) is 0 Å². The molecule has 0 aromatic carbocycles. The molecule has 1 aromatic rings. The van der Waals surface area contributed by atoms with Gasteiger partial charge in [-0.05, 0) is 19.4 Å². The molecule has 0 spiro atoms. The Labute approximate surface area is 104 Å². The summed E-state index contributed by atoms with van der Waals surface area (Å²) in [4.78, 5) is 8.29. The summed E-state index contributed by atoms with van der Waals surface area (Å²) in [5, 5.41) is 3.35. The van der Waals surface area contributed by atoms with Crippen molar-refractivity contribution in [2.75, 3.05) is 13.2 Å². The topological polar surface area (TPSA) is 47.0 Å².